The molecule has 0 unspecified atom stereocenters. The molecule has 0 aliphatic rings. The highest BCUT2D eigenvalue weighted by Crippen LogP contribution is 2.29. The van der Waals surface area contributed by atoms with Crippen molar-refractivity contribution in [2.75, 3.05) is 12.3 Å². The fraction of sp³-hybridized carbons (Fsp3) is 0.250. The van der Waals surface area contributed by atoms with Crippen molar-refractivity contribution in [1.29, 1.82) is 0 Å². The molecule has 9 heteroatoms. The molecule has 0 aliphatic heterocycles. The van der Waals surface area contributed by atoms with Crippen molar-refractivity contribution in [2.24, 2.45) is 0 Å². The lowest BCUT2D eigenvalue weighted by Gasteiger charge is -2.09. The van der Waals surface area contributed by atoms with Gasteiger partial charge in [0, 0.05) is 12.4 Å². The summed E-state index contributed by atoms with van der Waals surface area (Å²) in [6.07, 6.45) is -1.88. The Morgan fingerprint density at radius 2 is 2.19 bits per heavy atom. The highest BCUT2D eigenvalue weighted by Gasteiger charge is 2.32. The van der Waals surface area contributed by atoms with Crippen LogP contribution in [0.25, 0.3) is 5.82 Å². The topological polar surface area (TPSA) is 83.0 Å². The molecule has 2 aromatic heterocycles. The standard InChI is InChI=1S/C12H11F3N4O2/c1-2-21-11(20)8-3-4-17-10(9(8)16)19-6-7(5-18-19)12(13,14)15/h3-6H,2,16H2,1H3. The van der Waals surface area contributed by atoms with Gasteiger partial charge < -0.3 is 10.5 Å². The quantitative estimate of drug-likeness (QED) is 0.877. The zero-order chi connectivity index (χ0) is 15.6. The van der Waals surface area contributed by atoms with Crippen LogP contribution in [0.4, 0.5) is 18.9 Å². The van der Waals surface area contributed by atoms with Crippen molar-refractivity contribution < 1.29 is 22.7 Å². The Kier molecular flexibility index (Phi) is 3.83. The molecule has 0 saturated carbocycles. The number of nitrogen functional groups attached to an aromatic ring is 1. The van der Waals surface area contributed by atoms with Gasteiger partial charge in [-0.05, 0) is 13.0 Å². The van der Waals surface area contributed by atoms with Crippen LogP contribution in [0.2, 0.25) is 0 Å². The summed E-state index contributed by atoms with van der Waals surface area (Å²) in [5, 5.41) is 3.56. The van der Waals surface area contributed by atoms with Gasteiger partial charge in [0.15, 0.2) is 5.82 Å². The molecule has 2 rings (SSSR count). The number of pyridine rings is 1. The van der Waals surface area contributed by atoms with Gasteiger partial charge in [0.1, 0.15) is 0 Å². The third-order valence-electron chi connectivity index (χ3n) is 2.59. The molecule has 2 N–H and O–H groups in total. The predicted molar refractivity (Wildman–Crippen MR) is 66.7 cm³/mol. The number of hydrogen-bond acceptors (Lipinski definition) is 5. The highest BCUT2D eigenvalue weighted by atomic mass is 19.4. The summed E-state index contributed by atoms with van der Waals surface area (Å²) in [5.41, 5.74) is 4.74. The van der Waals surface area contributed by atoms with Crippen LogP contribution in [0, 0.1) is 0 Å². The Morgan fingerprint density at radius 3 is 2.76 bits per heavy atom. The van der Waals surface area contributed by atoms with E-state index in [0.717, 1.165) is 10.9 Å². The molecule has 0 radical (unpaired) electrons. The summed E-state index contributed by atoms with van der Waals surface area (Å²) in [4.78, 5) is 15.5. The van der Waals surface area contributed by atoms with Crippen molar-refractivity contribution in [3.63, 3.8) is 0 Å². The van der Waals surface area contributed by atoms with Gasteiger partial charge >= 0.3 is 12.1 Å². The number of hydrogen-bond donors (Lipinski definition) is 1. The van der Waals surface area contributed by atoms with Crippen LogP contribution in [0.1, 0.15) is 22.8 Å². The average Bonchev–Trinajstić information content (AvgIpc) is 2.88. The van der Waals surface area contributed by atoms with Crippen molar-refractivity contribution in [1.82, 2.24) is 14.8 Å². The van der Waals surface area contributed by atoms with Crippen LogP contribution in [-0.2, 0) is 10.9 Å². The number of nitrogens with zero attached hydrogens (tertiary/aromatic N) is 3. The Balaban J connectivity index is 2.43. The molecule has 2 aromatic rings. The first-order valence-electron chi connectivity index (χ1n) is 5.88. The molecule has 0 amide bonds. The number of rotatable bonds is 3. The number of carbonyl (C=O) groups excluding carboxylic acids is 1. The maximum Gasteiger partial charge on any atom is 0.419 e. The van der Waals surface area contributed by atoms with Gasteiger partial charge in [-0.2, -0.15) is 18.3 Å². The van der Waals surface area contributed by atoms with Crippen LogP contribution < -0.4 is 5.73 Å². The number of alkyl halides is 3. The van der Waals surface area contributed by atoms with E-state index in [0.29, 0.717) is 6.20 Å². The highest BCUT2D eigenvalue weighted by molar-refractivity contribution is 5.96. The molecule has 0 aromatic carbocycles. The predicted octanol–water partition coefficient (Wildman–Crippen LogP) is 2.04. The zero-order valence-corrected chi connectivity index (χ0v) is 10.9. The number of nitrogens with two attached hydrogens (primary N) is 1. The van der Waals surface area contributed by atoms with Crippen molar-refractivity contribution in [2.45, 2.75) is 13.1 Å². The van der Waals surface area contributed by atoms with Crippen LogP contribution in [0.3, 0.4) is 0 Å². The minimum atomic E-state index is -4.52. The molecule has 0 fully saturated rings. The van der Waals surface area contributed by atoms with Gasteiger partial charge in [0.05, 0.1) is 29.6 Å². The largest absolute Gasteiger partial charge is 0.462 e. The lowest BCUT2D eigenvalue weighted by Crippen LogP contribution is -2.12. The maximum atomic E-state index is 12.5. The van der Waals surface area contributed by atoms with Gasteiger partial charge in [-0.3, -0.25) is 0 Å². The molecular weight excluding hydrogens is 289 g/mol. The minimum absolute atomic E-state index is 0.0194. The van der Waals surface area contributed by atoms with Gasteiger partial charge in [-0.25, -0.2) is 14.5 Å². The molecule has 21 heavy (non-hydrogen) atoms. The molecule has 6 nitrogen and oxygen atoms in total. The molecule has 0 bridgehead atoms. The summed E-state index contributed by atoms with van der Waals surface area (Å²) in [5.74, 6) is -0.752. The Morgan fingerprint density at radius 1 is 1.48 bits per heavy atom. The molecule has 0 atom stereocenters. The van der Waals surface area contributed by atoms with E-state index in [9.17, 15) is 18.0 Å². The van der Waals surface area contributed by atoms with Crippen LogP contribution in [-0.4, -0.2) is 27.3 Å². The number of aromatic nitrogens is 3. The number of esters is 1. The molecule has 2 heterocycles. The molecule has 112 valence electrons. The van der Waals surface area contributed by atoms with E-state index in [1.54, 1.807) is 6.92 Å². The van der Waals surface area contributed by atoms with Gasteiger partial charge in [-0.15, -0.1) is 0 Å². The first-order chi connectivity index (χ1) is 9.84. The average molecular weight is 300 g/mol. The van der Waals surface area contributed by atoms with Crippen LogP contribution >= 0.6 is 0 Å². The Bertz CT molecular complexity index is 667. The zero-order valence-electron chi connectivity index (χ0n) is 10.9. The second-order valence-corrected chi connectivity index (χ2v) is 3.99. The number of halogens is 3. The van der Waals surface area contributed by atoms with Crippen molar-refractivity contribution >= 4 is 11.7 Å². The van der Waals surface area contributed by atoms with E-state index in [-0.39, 0.29) is 23.7 Å². The third kappa shape index (κ3) is 2.96. The fourth-order valence-corrected chi connectivity index (χ4v) is 1.62. The summed E-state index contributed by atoms with van der Waals surface area (Å²) in [6.45, 7) is 1.77. The summed E-state index contributed by atoms with van der Waals surface area (Å²) in [7, 11) is 0. The SMILES string of the molecule is CCOC(=O)c1ccnc(-n2cc(C(F)(F)F)cn2)c1N. The molecule has 0 aliphatic carbocycles. The number of carbonyl (C=O) groups is 1. The first-order valence-corrected chi connectivity index (χ1v) is 5.88. The van der Waals surface area contributed by atoms with Crippen molar-refractivity contribution in [3.05, 3.63) is 35.8 Å². The number of anilines is 1. The van der Waals surface area contributed by atoms with Gasteiger partial charge in [-0.1, -0.05) is 0 Å². The monoisotopic (exact) mass is 300 g/mol. The smallest absolute Gasteiger partial charge is 0.419 e. The second-order valence-electron chi connectivity index (χ2n) is 3.99. The minimum Gasteiger partial charge on any atom is -0.462 e. The molecule has 0 spiro atoms. The second kappa shape index (κ2) is 5.43. The van der Waals surface area contributed by atoms with E-state index in [1.165, 1.54) is 12.3 Å². The van der Waals surface area contributed by atoms with E-state index in [1.807, 2.05) is 0 Å². The van der Waals surface area contributed by atoms with E-state index < -0.39 is 17.7 Å². The normalized spacial score (nSPS) is 11.4. The van der Waals surface area contributed by atoms with Gasteiger partial charge in [0.2, 0.25) is 0 Å². The van der Waals surface area contributed by atoms with Crippen LogP contribution in [0.15, 0.2) is 24.7 Å². The van der Waals surface area contributed by atoms with E-state index in [2.05, 4.69) is 10.1 Å². The van der Waals surface area contributed by atoms with Crippen LogP contribution in [0.5, 0.6) is 0 Å². The summed E-state index contributed by atoms with van der Waals surface area (Å²) >= 11 is 0. The Labute approximate surface area is 117 Å². The summed E-state index contributed by atoms with van der Waals surface area (Å²) < 4.78 is 43.3. The molecule has 0 saturated heterocycles. The Hall–Kier alpha value is -2.58. The maximum absolute atomic E-state index is 12.5. The first kappa shape index (κ1) is 14.8. The van der Waals surface area contributed by atoms with E-state index in [4.69, 9.17) is 10.5 Å². The molecular formula is C12H11F3N4O2. The fourth-order valence-electron chi connectivity index (χ4n) is 1.62. The third-order valence-corrected chi connectivity index (χ3v) is 2.59. The number of ether oxygens (including phenoxy) is 1. The summed E-state index contributed by atoms with van der Waals surface area (Å²) in [6, 6.07) is 1.32. The lowest BCUT2D eigenvalue weighted by molar-refractivity contribution is -0.137. The van der Waals surface area contributed by atoms with Crippen molar-refractivity contribution in [3.8, 4) is 5.82 Å². The lowest BCUT2D eigenvalue weighted by atomic mass is 10.2. The van der Waals surface area contributed by atoms with E-state index >= 15 is 0 Å². The van der Waals surface area contributed by atoms with Gasteiger partial charge in [0.25, 0.3) is 0 Å².